The van der Waals surface area contributed by atoms with Crippen LogP contribution in [0.25, 0.3) is 16.9 Å². The zero-order chi connectivity index (χ0) is 23.7. The molecule has 0 unspecified atom stereocenters. The molecule has 34 heavy (non-hydrogen) atoms. The number of para-hydroxylation sites is 1. The van der Waals surface area contributed by atoms with Crippen LogP contribution in [0.15, 0.2) is 67.0 Å². The number of aliphatic hydroxyl groups excluding tert-OH is 1. The van der Waals surface area contributed by atoms with Gasteiger partial charge in [0.05, 0.1) is 17.8 Å². The van der Waals surface area contributed by atoms with Crippen molar-refractivity contribution in [3.05, 3.63) is 89.5 Å². The Kier molecular flexibility index (Phi) is 5.81. The summed E-state index contributed by atoms with van der Waals surface area (Å²) in [7, 11) is 0. The summed E-state index contributed by atoms with van der Waals surface area (Å²) in [6, 6.07) is 16.6. The van der Waals surface area contributed by atoms with Gasteiger partial charge in [-0.2, -0.15) is 5.10 Å². The van der Waals surface area contributed by atoms with E-state index in [9.17, 15) is 9.90 Å². The van der Waals surface area contributed by atoms with Crippen molar-refractivity contribution in [1.29, 1.82) is 0 Å². The minimum absolute atomic E-state index is 0.410. The van der Waals surface area contributed by atoms with Crippen LogP contribution in [0.3, 0.4) is 0 Å². The lowest BCUT2D eigenvalue weighted by Crippen LogP contribution is -2.41. The Hall–Kier alpha value is -4.04. The quantitative estimate of drug-likeness (QED) is 0.430. The summed E-state index contributed by atoms with van der Waals surface area (Å²) in [5.41, 5.74) is 5.13. The van der Waals surface area contributed by atoms with Crippen LogP contribution in [0.5, 0.6) is 0 Å². The molecule has 2 aromatic carbocycles. The van der Waals surface area contributed by atoms with E-state index in [0.717, 1.165) is 34.4 Å². The molecule has 172 valence electrons. The number of aliphatic hydroxyl groups is 1. The zero-order valence-corrected chi connectivity index (χ0v) is 19.1. The van der Waals surface area contributed by atoms with E-state index in [2.05, 4.69) is 20.6 Å². The molecule has 5 rings (SSSR count). The number of carbonyl (C=O) groups is 1. The largest absolute Gasteiger partial charge is 0.391 e. The van der Waals surface area contributed by atoms with E-state index in [1.807, 2.05) is 68.4 Å². The molecule has 2 atom stereocenters. The van der Waals surface area contributed by atoms with Gasteiger partial charge in [-0.1, -0.05) is 42.5 Å². The molecule has 0 bridgehead atoms. The average Bonchev–Trinajstić information content (AvgIpc) is 3.18. The number of urea groups is 1. The van der Waals surface area contributed by atoms with Crippen molar-refractivity contribution in [2.75, 3.05) is 5.32 Å². The highest BCUT2D eigenvalue weighted by atomic mass is 16.3. The van der Waals surface area contributed by atoms with Crippen molar-refractivity contribution in [2.24, 2.45) is 0 Å². The summed E-state index contributed by atoms with van der Waals surface area (Å²) in [6.07, 6.45) is 4.19. The molecule has 2 amide bonds. The van der Waals surface area contributed by atoms with E-state index in [1.165, 1.54) is 0 Å². The van der Waals surface area contributed by atoms with Crippen molar-refractivity contribution >= 4 is 11.8 Å². The van der Waals surface area contributed by atoms with Crippen molar-refractivity contribution in [1.82, 2.24) is 25.1 Å². The van der Waals surface area contributed by atoms with Gasteiger partial charge >= 0.3 is 6.03 Å². The van der Waals surface area contributed by atoms with E-state index in [0.29, 0.717) is 23.8 Å². The molecule has 0 radical (unpaired) electrons. The molecule has 8 heteroatoms. The first-order valence-electron chi connectivity index (χ1n) is 11.3. The highest BCUT2D eigenvalue weighted by Crippen LogP contribution is 2.32. The Morgan fingerprint density at radius 2 is 1.74 bits per heavy atom. The fourth-order valence-corrected chi connectivity index (χ4v) is 4.39. The Labute approximate surface area is 197 Å². The molecule has 0 fully saturated rings. The summed E-state index contributed by atoms with van der Waals surface area (Å²) >= 11 is 0. The predicted octanol–water partition coefficient (Wildman–Crippen LogP) is 4.12. The van der Waals surface area contributed by atoms with Gasteiger partial charge in [0.15, 0.2) is 0 Å². The second kappa shape index (κ2) is 9.07. The van der Waals surface area contributed by atoms with Crippen LogP contribution >= 0.6 is 0 Å². The van der Waals surface area contributed by atoms with Crippen LogP contribution in [0.4, 0.5) is 10.6 Å². The second-order valence-corrected chi connectivity index (χ2v) is 8.47. The zero-order valence-electron chi connectivity index (χ0n) is 19.1. The second-order valence-electron chi connectivity index (χ2n) is 8.47. The molecule has 3 N–H and O–H groups in total. The summed E-state index contributed by atoms with van der Waals surface area (Å²) in [5.74, 6) is 1.21. The van der Waals surface area contributed by atoms with Crippen LogP contribution in [0, 0.1) is 13.8 Å². The van der Waals surface area contributed by atoms with Gasteiger partial charge in [-0.15, -0.1) is 0 Å². The SMILES string of the molecule is Cc1ncc(-c2nn(-c3ccccc3)c(NC(=O)N[C@H]3c4ccccc4CC[C@@H]3O)c2C)cn1. The van der Waals surface area contributed by atoms with Gasteiger partial charge in [-0.05, 0) is 49.9 Å². The van der Waals surface area contributed by atoms with Gasteiger partial charge in [0.2, 0.25) is 0 Å². The van der Waals surface area contributed by atoms with E-state index in [4.69, 9.17) is 5.10 Å². The smallest absolute Gasteiger partial charge is 0.320 e. The summed E-state index contributed by atoms with van der Waals surface area (Å²) in [6.45, 7) is 3.73. The van der Waals surface area contributed by atoms with Crippen LogP contribution in [0.2, 0.25) is 0 Å². The first-order chi connectivity index (χ1) is 16.5. The van der Waals surface area contributed by atoms with Gasteiger partial charge < -0.3 is 10.4 Å². The maximum Gasteiger partial charge on any atom is 0.320 e. The third kappa shape index (κ3) is 4.15. The van der Waals surface area contributed by atoms with Crippen LogP contribution < -0.4 is 10.6 Å². The normalized spacial score (nSPS) is 17.1. The molecule has 0 spiro atoms. The number of benzene rings is 2. The molecule has 0 aliphatic heterocycles. The van der Waals surface area contributed by atoms with Gasteiger partial charge in [-0.25, -0.2) is 19.4 Å². The number of rotatable bonds is 4. The number of fused-ring (bicyclic) bond motifs is 1. The Bertz CT molecular complexity index is 1320. The standard InChI is InChI=1S/C26H26N6O2/c1-16-23(19-14-27-17(2)28-15-19)31-32(20-9-4-3-5-10-20)25(16)30-26(34)29-24-21-11-7-6-8-18(21)12-13-22(24)33/h3-11,14-15,22,24,33H,12-13H2,1-2H3,(H2,29,30,34)/t22-,24-/m0/s1. The molecular weight excluding hydrogens is 428 g/mol. The van der Waals surface area contributed by atoms with Crippen LogP contribution in [0.1, 0.15) is 35.0 Å². The minimum atomic E-state index is -0.652. The molecule has 2 aromatic heterocycles. The first kappa shape index (κ1) is 21.8. The number of aryl methyl sites for hydroxylation is 2. The fraction of sp³-hybridized carbons (Fsp3) is 0.231. The number of anilines is 1. The number of hydrogen-bond donors (Lipinski definition) is 3. The highest BCUT2D eigenvalue weighted by Gasteiger charge is 2.30. The van der Waals surface area contributed by atoms with Crippen molar-refractivity contribution in [3.63, 3.8) is 0 Å². The number of hydrogen-bond acceptors (Lipinski definition) is 5. The molecule has 1 aliphatic carbocycles. The summed E-state index contributed by atoms with van der Waals surface area (Å²) in [4.78, 5) is 21.7. The van der Waals surface area contributed by atoms with E-state index in [1.54, 1.807) is 17.1 Å². The molecular formula is C26H26N6O2. The Morgan fingerprint density at radius 1 is 1.03 bits per heavy atom. The number of nitrogens with zero attached hydrogens (tertiary/aromatic N) is 4. The van der Waals surface area contributed by atoms with E-state index >= 15 is 0 Å². The van der Waals surface area contributed by atoms with Gasteiger partial charge in [-0.3, -0.25) is 5.32 Å². The van der Waals surface area contributed by atoms with Crippen molar-refractivity contribution in [3.8, 4) is 16.9 Å². The lowest BCUT2D eigenvalue weighted by atomic mass is 9.86. The van der Waals surface area contributed by atoms with E-state index in [-0.39, 0.29) is 0 Å². The number of aromatic nitrogens is 4. The fourth-order valence-electron chi connectivity index (χ4n) is 4.39. The number of amides is 2. The molecule has 0 saturated carbocycles. The maximum absolute atomic E-state index is 13.2. The maximum atomic E-state index is 13.2. The third-order valence-corrected chi connectivity index (χ3v) is 6.18. The van der Waals surface area contributed by atoms with Crippen LogP contribution in [-0.4, -0.2) is 37.0 Å². The Morgan fingerprint density at radius 3 is 2.50 bits per heavy atom. The molecule has 1 aliphatic rings. The van der Waals surface area contributed by atoms with Gasteiger partial charge in [0, 0.05) is 23.5 Å². The van der Waals surface area contributed by atoms with Crippen molar-refractivity contribution < 1.29 is 9.90 Å². The Balaban J connectivity index is 1.48. The molecule has 8 nitrogen and oxygen atoms in total. The number of carbonyl (C=O) groups excluding carboxylic acids is 1. The average molecular weight is 455 g/mol. The predicted molar refractivity (Wildman–Crippen MR) is 130 cm³/mol. The summed E-state index contributed by atoms with van der Waals surface area (Å²) in [5, 5.41) is 21.3. The third-order valence-electron chi connectivity index (χ3n) is 6.18. The lowest BCUT2D eigenvalue weighted by molar-refractivity contribution is 0.114. The molecule has 4 aromatic rings. The van der Waals surface area contributed by atoms with E-state index < -0.39 is 18.2 Å². The van der Waals surface area contributed by atoms with Crippen LogP contribution in [-0.2, 0) is 6.42 Å². The highest BCUT2D eigenvalue weighted by molar-refractivity contribution is 5.91. The lowest BCUT2D eigenvalue weighted by Gasteiger charge is -2.31. The molecule has 2 heterocycles. The summed E-state index contributed by atoms with van der Waals surface area (Å²) < 4.78 is 1.70. The number of nitrogens with one attached hydrogen (secondary N) is 2. The van der Waals surface area contributed by atoms with Gasteiger partial charge in [0.25, 0.3) is 0 Å². The van der Waals surface area contributed by atoms with Crippen molar-refractivity contribution in [2.45, 2.75) is 38.8 Å². The molecule has 0 saturated heterocycles. The first-order valence-corrected chi connectivity index (χ1v) is 11.3. The minimum Gasteiger partial charge on any atom is -0.391 e. The van der Waals surface area contributed by atoms with Gasteiger partial charge in [0.1, 0.15) is 17.3 Å². The monoisotopic (exact) mass is 454 g/mol. The topological polar surface area (TPSA) is 105 Å².